The molecule has 0 unspecified atom stereocenters. The van der Waals surface area contributed by atoms with E-state index in [0.29, 0.717) is 0 Å². The molecule has 12 heteroatoms. The lowest BCUT2D eigenvalue weighted by Crippen LogP contribution is -2.13. The van der Waals surface area contributed by atoms with E-state index in [1.165, 1.54) is 36.5 Å². The molecule has 34 heavy (non-hydrogen) atoms. The van der Waals surface area contributed by atoms with Crippen LogP contribution in [0.3, 0.4) is 0 Å². The van der Waals surface area contributed by atoms with Gasteiger partial charge in [0.2, 0.25) is 0 Å². The van der Waals surface area contributed by atoms with Crippen LogP contribution in [0.25, 0.3) is 0 Å². The lowest BCUT2D eigenvalue weighted by atomic mass is 10.2. The Balaban J connectivity index is 1.39. The lowest BCUT2D eigenvalue weighted by molar-refractivity contribution is 0.0992. The van der Waals surface area contributed by atoms with E-state index in [-0.39, 0.29) is 40.8 Å². The van der Waals surface area contributed by atoms with Crippen molar-refractivity contribution in [1.82, 2.24) is 9.78 Å². The van der Waals surface area contributed by atoms with Crippen LogP contribution >= 0.6 is 11.6 Å². The maximum atomic E-state index is 13.8. The molecular weight excluding hydrogens is 485 g/mol. The Bertz CT molecular complexity index is 1350. The van der Waals surface area contributed by atoms with Crippen molar-refractivity contribution in [3.63, 3.8) is 0 Å². The topological polar surface area (TPSA) is 69.3 Å². The smallest absolute Gasteiger partial charge is 0.292 e. The maximum Gasteiger partial charge on any atom is 0.292 e. The van der Waals surface area contributed by atoms with Gasteiger partial charge >= 0.3 is 0 Å². The first-order valence-electron chi connectivity index (χ1n) is 9.54. The van der Waals surface area contributed by atoms with Crippen LogP contribution in [0.2, 0.25) is 5.02 Å². The molecule has 1 amide bonds. The van der Waals surface area contributed by atoms with E-state index in [1.54, 1.807) is 0 Å². The second kappa shape index (κ2) is 9.56. The van der Waals surface area contributed by atoms with Gasteiger partial charge in [-0.1, -0.05) is 11.6 Å². The second-order valence-electron chi connectivity index (χ2n) is 6.93. The van der Waals surface area contributed by atoms with Crippen molar-refractivity contribution >= 4 is 23.3 Å². The number of carbonyl (C=O) groups is 1. The number of carbonyl (C=O) groups excluding carboxylic acids is 1. The molecular formula is C22H13ClF5N3O3. The summed E-state index contributed by atoms with van der Waals surface area (Å²) in [5.41, 5.74) is -0.851. The number of halogens is 6. The average Bonchev–Trinajstić information content (AvgIpc) is 3.44. The van der Waals surface area contributed by atoms with Gasteiger partial charge in [-0.3, -0.25) is 9.48 Å². The summed E-state index contributed by atoms with van der Waals surface area (Å²) in [6.07, 6.45) is 1.26. The number of anilines is 1. The summed E-state index contributed by atoms with van der Waals surface area (Å²) < 4.78 is 79.3. The number of aromatic nitrogens is 2. The Morgan fingerprint density at radius 3 is 2.47 bits per heavy atom. The number of nitrogens with zero attached hydrogens (tertiary/aromatic N) is 2. The lowest BCUT2D eigenvalue weighted by Gasteiger charge is -2.07. The van der Waals surface area contributed by atoms with Crippen LogP contribution in [-0.2, 0) is 13.2 Å². The highest BCUT2D eigenvalue weighted by atomic mass is 35.5. The maximum absolute atomic E-state index is 13.8. The first-order chi connectivity index (χ1) is 16.2. The molecule has 6 nitrogen and oxygen atoms in total. The van der Waals surface area contributed by atoms with E-state index in [1.807, 2.05) is 0 Å². The van der Waals surface area contributed by atoms with Crippen LogP contribution < -0.4 is 10.1 Å². The normalized spacial score (nSPS) is 11.0. The molecule has 0 fully saturated rings. The summed E-state index contributed by atoms with van der Waals surface area (Å²) >= 11 is 5.88. The summed E-state index contributed by atoms with van der Waals surface area (Å²) in [4.78, 5) is 12.4. The van der Waals surface area contributed by atoms with Gasteiger partial charge < -0.3 is 14.5 Å². The van der Waals surface area contributed by atoms with Crippen LogP contribution in [0.4, 0.5) is 27.8 Å². The molecule has 2 aromatic carbocycles. The molecule has 4 aromatic rings. The van der Waals surface area contributed by atoms with Gasteiger partial charge in [0.15, 0.2) is 34.8 Å². The number of furan rings is 1. The van der Waals surface area contributed by atoms with Gasteiger partial charge in [-0.2, -0.15) is 5.10 Å². The van der Waals surface area contributed by atoms with Crippen LogP contribution in [0.5, 0.6) is 5.75 Å². The van der Waals surface area contributed by atoms with Crippen molar-refractivity contribution in [1.29, 1.82) is 0 Å². The molecule has 0 saturated heterocycles. The van der Waals surface area contributed by atoms with Crippen molar-refractivity contribution < 1.29 is 35.9 Å². The molecule has 0 aliphatic carbocycles. The minimum atomic E-state index is -1.53. The van der Waals surface area contributed by atoms with E-state index >= 15 is 0 Å². The number of nitrogens with one attached hydrogen (secondary N) is 1. The summed E-state index contributed by atoms with van der Waals surface area (Å²) in [6.45, 7) is -0.703. The average molecular weight is 498 g/mol. The Kier molecular flexibility index (Phi) is 6.55. The molecule has 1 N–H and O–H groups in total. The van der Waals surface area contributed by atoms with Crippen LogP contribution in [0, 0.1) is 29.1 Å². The van der Waals surface area contributed by atoms with E-state index < -0.39 is 47.1 Å². The Labute approximate surface area is 193 Å². The van der Waals surface area contributed by atoms with Crippen LogP contribution in [0.1, 0.15) is 21.9 Å². The van der Waals surface area contributed by atoms with Gasteiger partial charge in [-0.05, 0) is 30.3 Å². The van der Waals surface area contributed by atoms with Gasteiger partial charge in [0.25, 0.3) is 5.91 Å². The van der Waals surface area contributed by atoms with Gasteiger partial charge in [0.1, 0.15) is 23.9 Å². The zero-order chi connectivity index (χ0) is 24.4. The fraction of sp³-hybridized carbons (Fsp3) is 0.0909. The largest absolute Gasteiger partial charge is 0.484 e. The second-order valence-corrected chi connectivity index (χ2v) is 7.34. The Hall–Kier alpha value is -3.86. The van der Waals surface area contributed by atoms with E-state index in [2.05, 4.69) is 10.4 Å². The minimum absolute atomic E-state index is 0.00464. The van der Waals surface area contributed by atoms with Crippen LogP contribution in [0.15, 0.2) is 53.1 Å². The van der Waals surface area contributed by atoms with Crippen molar-refractivity contribution in [2.45, 2.75) is 13.2 Å². The molecule has 0 aliphatic heterocycles. The fourth-order valence-corrected chi connectivity index (χ4v) is 3.16. The molecule has 0 bridgehead atoms. The fourth-order valence-electron chi connectivity index (χ4n) is 2.94. The van der Waals surface area contributed by atoms with Crippen LogP contribution in [-0.4, -0.2) is 15.7 Å². The number of hydrogen-bond donors (Lipinski definition) is 1. The van der Waals surface area contributed by atoms with Gasteiger partial charge in [0.05, 0.1) is 17.1 Å². The Morgan fingerprint density at radius 1 is 1.03 bits per heavy atom. The minimum Gasteiger partial charge on any atom is -0.484 e. The zero-order valence-electron chi connectivity index (χ0n) is 16.9. The number of ether oxygens (including phenoxy) is 1. The predicted octanol–water partition coefficient (Wildman–Crippen LogP) is 5.70. The Morgan fingerprint density at radius 2 is 1.76 bits per heavy atom. The third-order valence-corrected chi connectivity index (χ3v) is 4.85. The summed E-state index contributed by atoms with van der Waals surface area (Å²) in [6, 6.07) is 7.89. The third kappa shape index (κ3) is 5.04. The number of rotatable bonds is 7. The van der Waals surface area contributed by atoms with Crippen molar-refractivity contribution in [2.75, 3.05) is 5.32 Å². The van der Waals surface area contributed by atoms with E-state index in [0.717, 1.165) is 10.7 Å². The molecule has 176 valence electrons. The number of benzene rings is 2. The van der Waals surface area contributed by atoms with Crippen molar-refractivity contribution in [3.8, 4) is 5.75 Å². The molecule has 0 radical (unpaired) electrons. The van der Waals surface area contributed by atoms with Crippen molar-refractivity contribution in [3.05, 3.63) is 99.9 Å². The molecule has 2 heterocycles. The summed E-state index contributed by atoms with van der Waals surface area (Å²) in [5.74, 6) is -6.95. The standard InChI is InChI=1S/C22H13ClF5N3O3/c23-14-7-11(24)1-3-17(14)33-10-12-2-4-18(34-12)22(32)29-19-5-6-31(30-19)9-13-20(27)15(25)8-16(26)21(13)28/h1-8H,9-10H2,(H,29,30,32). The highest BCUT2D eigenvalue weighted by Gasteiger charge is 2.20. The molecule has 2 aromatic heterocycles. The first-order valence-corrected chi connectivity index (χ1v) is 9.92. The van der Waals surface area contributed by atoms with Gasteiger partial charge in [-0.25, -0.2) is 22.0 Å². The van der Waals surface area contributed by atoms with E-state index in [4.69, 9.17) is 20.8 Å². The SMILES string of the molecule is O=C(Nc1ccn(Cc2c(F)c(F)cc(F)c2F)n1)c1ccc(COc2ccc(F)cc2Cl)o1. The summed E-state index contributed by atoms with van der Waals surface area (Å²) in [5, 5.41) is 6.39. The van der Waals surface area contributed by atoms with Gasteiger partial charge in [0, 0.05) is 18.3 Å². The predicted molar refractivity (Wildman–Crippen MR) is 110 cm³/mol. The number of hydrogen-bond acceptors (Lipinski definition) is 4. The first kappa shape index (κ1) is 23.3. The number of amides is 1. The third-order valence-electron chi connectivity index (χ3n) is 4.55. The van der Waals surface area contributed by atoms with Crippen molar-refractivity contribution in [2.24, 2.45) is 0 Å². The quantitative estimate of drug-likeness (QED) is 0.262. The van der Waals surface area contributed by atoms with Gasteiger partial charge in [-0.15, -0.1) is 0 Å². The van der Waals surface area contributed by atoms with E-state index in [9.17, 15) is 26.7 Å². The highest BCUT2D eigenvalue weighted by molar-refractivity contribution is 6.32. The zero-order valence-corrected chi connectivity index (χ0v) is 17.7. The monoisotopic (exact) mass is 497 g/mol. The molecule has 0 aliphatic rings. The summed E-state index contributed by atoms with van der Waals surface area (Å²) in [7, 11) is 0. The molecule has 0 saturated carbocycles. The highest BCUT2D eigenvalue weighted by Crippen LogP contribution is 2.26. The molecule has 0 spiro atoms. The molecule has 0 atom stereocenters. The molecule has 4 rings (SSSR count).